The zero-order valence-electron chi connectivity index (χ0n) is 19.9. The summed E-state index contributed by atoms with van der Waals surface area (Å²) in [5, 5.41) is 9.52. The molecule has 7 nitrogen and oxygen atoms in total. The molecule has 0 unspecified atom stereocenters. The van der Waals surface area contributed by atoms with Crippen LogP contribution in [-0.2, 0) is 0 Å². The summed E-state index contributed by atoms with van der Waals surface area (Å²) in [6, 6.07) is 5.81. The van der Waals surface area contributed by atoms with Gasteiger partial charge in [0, 0.05) is 54.4 Å². The van der Waals surface area contributed by atoms with E-state index in [2.05, 4.69) is 31.8 Å². The van der Waals surface area contributed by atoms with Crippen LogP contribution in [-0.4, -0.2) is 49.7 Å². The Morgan fingerprint density at radius 1 is 1.06 bits per heavy atom. The second-order valence-corrected chi connectivity index (χ2v) is 11.5. The monoisotopic (exact) mass is 540 g/mol. The number of nitrogens with one attached hydrogen (secondary N) is 1. The molecule has 6 rings (SSSR count). The number of benzene rings is 1. The highest BCUT2D eigenvalue weighted by atomic mass is 35.5. The Morgan fingerprint density at radius 2 is 1.81 bits per heavy atom. The predicted molar refractivity (Wildman–Crippen MR) is 146 cm³/mol. The van der Waals surface area contributed by atoms with Crippen LogP contribution in [0.3, 0.4) is 0 Å². The number of aromatic nitrogens is 5. The van der Waals surface area contributed by atoms with Gasteiger partial charge in [-0.2, -0.15) is 16.9 Å². The van der Waals surface area contributed by atoms with Crippen LogP contribution in [0.1, 0.15) is 37.9 Å². The number of fused-ring (bicyclic) bond motifs is 1. The molecule has 2 saturated heterocycles. The normalized spacial score (nSPS) is 18.1. The molecule has 2 aliphatic rings. The number of hydrogen-bond acceptors (Lipinski definition) is 7. The third-order valence-corrected chi connectivity index (χ3v) is 9.26. The van der Waals surface area contributed by atoms with E-state index in [1.54, 1.807) is 12.4 Å². The maximum atomic E-state index is 6.31. The first-order chi connectivity index (χ1) is 17.5. The van der Waals surface area contributed by atoms with E-state index in [-0.39, 0.29) is 6.10 Å². The second-order valence-electron chi connectivity index (χ2n) is 9.62. The smallest absolute Gasteiger partial charge is 0.225 e. The van der Waals surface area contributed by atoms with Crippen molar-refractivity contribution in [1.29, 1.82) is 0 Å². The lowest BCUT2D eigenvalue weighted by Crippen LogP contribution is -2.40. The maximum absolute atomic E-state index is 6.31. The van der Waals surface area contributed by atoms with Gasteiger partial charge in [-0.15, -0.1) is 0 Å². The molecule has 1 N–H and O–H groups in total. The minimum atomic E-state index is -0.352. The van der Waals surface area contributed by atoms with Crippen molar-refractivity contribution in [2.24, 2.45) is 5.41 Å². The van der Waals surface area contributed by atoms with Gasteiger partial charge in [-0.05, 0) is 61.3 Å². The van der Waals surface area contributed by atoms with Crippen molar-refractivity contribution in [2.75, 3.05) is 29.5 Å². The Labute approximate surface area is 224 Å². The molecule has 10 heteroatoms. The van der Waals surface area contributed by atoms with Gasteiger partial charge in [0.15, 0.2) is 0 Å². The van der Waals surface area contributed by atoms with Crippen molar-refractivity contribution in [3.8, 4) is 17.0 Å². The average Bonchev–Trinajstić information content (AvgIpc) is 3.52. The van der Waals surface area contributed by atoms with Gasteiger partial charge in [-0.3, -0.25) is 10.1 Å². The molecule has 0 amide bonds. The van der Waals surface area contributed by atoms with Gasteiger partial charge in [0.05, 0.1) is 15.6 Å². The van der Waals surface area contributed by atoms with Gasteiger partial charge >= 0.3 is 0 Å². The number of nitrogens with zero attached hydrogens (tertiary/aromatic N) is 5. The highest BCUT2D eigenvalue weighted by Crippen LogP contribution is 2.44. The standard InChI is InChI=1S/C26H26Cl2N6OS/c1-16(23-20(27)13-29-14-21(23)28)35-18-2-3-22-19(10-18)24(33-32-22)17-11-30-25(31-12-17)34-7-4-26(5-8-34)6-9-36-15-26/h2-3,10-14,16H,4-9,15H2,1H3,(H,32,33)/t16-/m1/s1. The molecule has 1 atom stereocenters. The lowest BCUT2D eigenvalue weighted by molar-refractivity contribution is 0.227. The number of anilines is 1. The van der Waals surface area contributed by atoms with Crippen molar-refractivity contribution < 1.29 is 4.74 Å². The minimum Gasteiger partial charge on any atom is -0.486 e. The third kappa shape index (κ3) is 4.51. The molecular formula is C26H26Cl2N6OS. The number of rotatable bonds is 5. The number of aromatic amines is 1. The molecule has 5 heterocycles. The Balaban J connectivity index is 1.21. The van der Waals surface area contributed by atoms with E-state index in [0.29, 0.717) is 26.8 Å². The summed E-state index contributed by atoms with van der Waals surface area (Å²) in [4.78, 5) is 15.7. The van der Waals surface area contributed by atoms with Gasteiger partial charge in [-0.1, -0.05) is 23.2 Å². The molecule has 36 heavy (non-hydrogen) atoms. The molecule has 2 fully saturated rings. The molecule has 0 radical (unpaired) electrons. The number of ether oxygens (including phenoxy) is 1. The minimum absolute atomic E-state index is 0.352. The van der Waals surface area contributed by atoms with Gasteiger partial charge in [0.25, 0.3) is 0 Å². The van der Waals surface area contributed by atoms with E-state index in [9.17, 15) is 0 Å². The van der Waals surface area contributed by atoms with Crippen LogP contribution < -0.4 is 9.64 Å². The van der Waals surface area contributed by atoms with Crippen LogP contribution in [0.5, 0.6) is 5.75 Å². The fraction of sp³-hybridized carbons (Fsp3) is 0.385. The average molecular weight is 542 g/mol. The maximum Gasteiger partial charge on any atom is 0.225 e. The van der Waals surface area contributed by atoms with Crippen molar-refractivity contribution in [3.63, 3.8) is 0 Å². The molecule has 0 saturated carbocycles. The van der Waals surface area contributed by atoms with Gasteiger partial charge in [0.2, 0.25) is 5.95 Å². The Bertz CT molecular complexity index is 1360. The Hall–Kier alpha value is -2.55. The zero-order valence-corrected chi connectivity index (χ0v) is 22.2. The van der Waals surface area contributed by atoms with E-state index in [1.807, 2.05) is 37.5 Å². The van der Waals surface area contributed by atoms with E-state index < -0.39 is 0 Å². The zero-order chi connectivity index (χ0) is 24.7. The summed E-state index contributed by atoms with van der Waals surface area (Å²) in [6.45, 7) is 3.96. The quantitative estimate of drug-likeness (QED) is 0.306. The number of piperidine rings is 1. The fourth-order valence-electron chi connectivity index (χ4n) is 5.19. The molecule has 1 spiro atoms. The molecule has 0 bridgehead atoms. The lowest BCUT2D eigenvalue weighted by Gasteiger charge is -2.38. The van der Waals surface area contributed by atoms with E-state index in [1.165, 1.54) is 30.8 Å². The highest BCUT2D eigenvalue weighted by molar-refractivity contribution is 7.99. The van der Waals surface area contributed by atoms with Gasteiger partial charge < -0.3 is 9.64 Å². The fourth-order valence-corrected chi connectivity index (χ4v) is 7.45. The molecule has 3 aromatic heterocycles. The van der Waals surface area contributed by atoms with Crippen LogP contribution in [0.25, 0.3) is 22.2 Å². The van der Waals surface area contributed by atoms with Crippen LogP contribution in [0.15, 0.2) is 43.0 Å². The van der Waals surface area contributed by atoms with Gasteiger partial charge in [-0.25, -0.2) is 9.97 Å². The van der Waals surface area contributed by atoms with Crippen molar-refractivity contribution in [2.45, 2.75) is 32.3 Å². The first kappa shape index (κ1) is 23.8. The molecule has 186 valence electrons. The van der Waals surface area contributed by atoms with Crippen molar-refractivity contribution in [1.82, 2.24) is 25.1 Å². The molecule has 4 aromatic rings. The van der Waals surface area contributed by atoms with E-state index in [0.717, 1.165) is 41.2 Å². The van der Waals surface area contributed by atoms with Crippen LogP contribution in [0, 0.1) is 5.41 Å². The SMILES string of the molecule is C[C@@H](Oc1ccc2[nH]nc(-c3cnc(N4CCC5(CCSC5)CC4)nc3)c2c1)c1c(Cl)cncc1Cl. The van der Waals surface area contributed by atoms with Gasteiger partial charge in [0.1, 0.15) is 17.5 Å². The molecule has 0 aliphatic carbocycles. The summed E-state index contributed by atoms with van der Waals surface area (Å²) >= 11 is 14.7. The number of pyridine rings is 1. The first-order valence-electron chi connectivity index (χ1n) is 12.1. The summed E-state index contributed by atoms with van der Waals surface area (Å²) in [7, 11) is 0. The second kappa shape index (κ2) is 9.72. The summed E-state index contributed by atoms with van der Waals surface area (Å²) < 4.78 is 6.19. The molecular weight excluding hydrogens is 515 g/mol. The third-order valence-electron chi connectivity index (χ3n) is 7.35. The topological polar surface area (TPSA) is 79.8 Å². The van der Waals surface area contributed by atoms with Crippen LogP contribution in [0.2, 0.25) is 10.0 Å². The summed E-state index contributed by atoms with van der Waals surface area (Å²) in [5.74, 6) is 4.09. The first-order valence-corrected chi connectivity index (χ1v) is 14.0. The number of thioether (sulfide) groups is 1. The molecule has 1 aromatic carbocycles. The lowest BCUT2D eigenvalue weighted by atomic mass is 9.78. The highest BCUT2D eigenvalue weighted by Gasteiger charge is 2.38. The number of H-pyrrole nitrogens is 1. The largest absolute Gasteiger partial charge is 0.486 e. The van der Waals surface area contributed by atoms with Crippen molar-refractivity contribution in [3.05, 3.63) is 58.6 Å². The van der Waals surface area contributed by atoms with Crippen LogP contribution >= 0.6 is 35.0 Å². The number of hydrogen-bond donors (Lipinski definition) is 1. The van der Waals surface area contributed by atoms with Crippen LogP contribution in [0.4, 0.5) is 5.95 Å². The molecule has 2 aliphatic heterocycles. The Kier molecular flexibility index (Phi) is 6.44. The summed E-state index contributed by atoms with van der Waals surface area (Å²) in [6.07, 6.45) is 10.3. The predicted octanol–water partition coefficient (Wildman–Crippen LogP) is 6.59. The van der Waals surface area contributed by atoms with Crippen molar-refractivity contribution >= 4 is 51.8 Å². The number of halogens is 2. The Morgan fingerprint density at radius 3 is 2.50 bits per heavy atom. The van der Waals surface area contributed by atoms with E-state index in [4.69, 9.17) is 37.9 Å². The summed E-state index contributed by atoms with van der Waals surface area (Å²) in [5.41, 5.74) is 3.80. The van der Waals surface area contributed by atoms with E-state index >= 15 is 0 Å².